The van der Waals surface area contributed by atoms with Crippen LogP contribution in [0.3, 0.4) is 0 Å². The molecular formula is C24H22N2O3S3. The maximum Gasteiger partial charge on any atom is 0.258 e. The molecule has 164 valence electrons. The molecule has 0 aliphatic carbocycles. The summed E-state index contributed by atoms with van der Waals surface area (Å²) in [5.74, 6) is 4.33. The summed E-state index contributed by atoms with van der Waals surface area (Å²) in [4.78, 5) is 16.8. The number of benzene rings is 2. The highest BCUT2D eigenvalue weighted by molar-refractivity contribution is 8.16. The molecule has 4 aromatic rings. The fraction of sp³-hybridized carbons (Fsp3) is 0.250. The zero-order valence-electron chi connectivity index (χ0n) is 17.3. The molecule has 0 radical (unpaired) electrons. The molecule has 32 heavy (non-hydrogen) atoms. The third-order valence-corrected chi connectivity index (χ3v) is 9.04. The average Bonchev–Trinajstić information content (AvgIpc) is 3.49. The fourth-order valence-electron chi connectivity index (χ4n) is 3.35. The number of thioether (sulfide) groups is 2. The first-order chi connectivity index (χ1) is 15.7. The number of para-hydroxylation sites is 1. The molecule has 1 aliphatic heterocycles. The van der Waals surface area contributed by atoms with Crippen LogP contribution in [0.25, 0.3) is 21.0 Å². The van der Waals surface area contributed by atoms with Crippen molar-refractivity contribution in [2.75, 3.05) is 18.1 Å². The smallest absolute Gasteiger partial charge is 0.258 e. The molecule has 8 heteroatoms. The van der Waals surface area contributed by atoms with E-state index >= 15 is 0 Å². The van der Waals surface area contributed by atoms with E-state index in [0.717, 1.165) is 15.2 Å². The average molecular weight is 483 g/mol. The number of furan rings is 1. The van der Waals surface area contributed by atoms with Gasteiger partial charge in [-0.1, -0.05) is 24.3 Å². The first-order valence-electron chi connectivity index (χ1n) is 10.4. The van der Waals surface area contributed by atoms with E-state index in [1.54, 1.807) is 11.3 Å². The quantitative estimate of drug-likeness (QED) is 0.342. The van der Waals surface area contributed by atoms with Crippen molar-refractivity contribution in [3.05, 3.63) is 72.0 Å². The van der Waals surface area contributed by atoms with Crippen molar-refractivity contribution in [1.82, 2.24) is 10.3 Å². The lowest BCUT2D eigenvalue weighted by atomic mass is 10.2. The molecule has 0 unspecified atom stereocenters. The Morgan fingerprint density at radius 3 is 2.69 bits per heavy atom. The summed E-state index contributed by atoms with van der Waals surface area (Å²) in [7, 11) is 0. The topological polar surface area (TPSA) is 64.4 Å². The second-order valence-electron chi connectivity index (χ2n) is 7.31. The fourth-order valence-corrected chi connectivity index (χ4v) is 7.17. The Kier molecular flexibility index (Phi) is 6.71. The Hall–Kier alpha value is -2.42. The molecule has 1 fully saturated rings. The molecule has 5 nitrogen and oxygen atoms in total. The number of nitrogens with one attached hydrogen (secondary N) is 1. The van der Waals surface area contributed by atoms with Gasteiger partial charge in [0.05, 0.1) is 21.3 Å². The zero-order chi connectivity index (χ0) is 21.8. The summed E-state index contributed by atoms with van der Waals surface area (Å²) in [5, 5.41) is 3.68. The SMILES string of the molecule is O=C(COc1ccc(C2SCCCS2)cc1)NCc1ccc(-c2nc3ccccc3s2)o1. The minimum atomic E-state index is -0.189. The number of carbonyl (C=O) groups excluding carboxylic acids is 1. The van der Waals surface area contributed by atoms with Crippen molar-refractivity contribution in [1.29, 1.82) is 0 Å². The normalized spacial score (nSPS) is 14.5. The summed E-state index contributed by atoms with van der Waals surface area (Å²) in [5.41, 5.74) is 2.26. The van der Waals surface area contributed by atoms with E-state index in [0.29, 0.717) is 28.4 Å². The summed E-state index contributed by atoms with van der Waals surface area (Å²) in [6, 6.07) is 19.8. The van der Waals surface area contributed by atoms with Crippen LogP contribution >= 0.6 is 34.9 Å². The van der Waals surface area contributed by atoms with Crippen LogP contribution in [-0.2, 0) is 11.3 Å². The number of thiazole rings is 1. The van der Waals surface area contributed by atoms with E-state index < -0.39 is 0 Å². The molecule has 0 saturated carbocycles. The van der Waals surface area contributed by atoms with Crippen molar-refractivity contribution < 1.29 is 13.9 Å². The lowest BCUT2D eigenvalue weighted by molar-refractivity contribution is -0.123. The summed E-state index contributed by atoms with van der Waals surface area (Å²) < 4.78 is 13.1. The van der Waals surface area contributed by atoms with Gasteiger partial charge in [-0.2, -0.15) is 0 Å². The van der Waals surface area contributed by atoms with Crippen LogP contribution in [-0.4, -0.2) is 29.0 Å². The molecule has 3 heterocycles. The lowest BCUT2D eigenvalue weighted by Gasteiger charge is -2.21. The van der Waals surface area contributed by atoms with Gasteiger partial charge in [-0.25, -0.2) is 4.98 Å². The van der Waals surface area contributed by atoms with Gasteiger partial charge < -0.3 is 14.5 Å². The number of fused-ring (bicyclic) bond motifs is 1. The van der Waals surface area contributed by atoms with Gasteiger partial charge in [0.1, 0.15) is 11.5 Å². The lowest BCUT2D eigenvalue weighted by Crippen LogP contribution is -2.28. The number of aromatic nitrogens is 1. The first kappa shape index (κ1) is 21.4. The maximum atomic E-state index is 12.2. The van der Waals surface area contributed by atoms with E-state index in [4.69, 9.17) is 9.15 Å². The van der Waals surface area contributed by atoms with Crippen LogP contribution in [0, 0.1) is 0 Å². The zero-order valence-corrected chi connectivity index (χ0v) is 19.7. The molecular weight excluding hydrogens is 460 g/mol. The minimum Gasteiger partial charge on any atom is -0.484 e. The molecule has 1 N–H and O–H groups in total. The van der Waals surface area contributed by atoms with E-state index in [1.165, 1.54) is 23.5 Å². The Balaban J connectivity index is 1.10. The maximum absolute atomic E-state index is 12.2. The monoisotopic (exact) mass is 482 g/mol. The predicted molar refractivity (Wildman–Crippen MR) is 133 cm³/mol. The third kappa shape index (κ3) is 5.14. The van der Waals surface area contributed by atoms with Crippen LogP contribution in [0.15, 0.2) is 65.1 Å². The summed E-state index contributed by atoms with van der Waals surface area (Å²) in [6.45, 7) is 0.278. The number of nitrogens with zero attached hydrogens (tertiary/aromatic N) is 1. The van der Waals surface area contributed by atoms with E-state index in [9.17, 15) is 4.79 Å². The second kappa shape index (κ2) is 10.0. The Morgan fingerprint density at radius 1 is 1.06 bits per heavy atom. The van der Waals surface area contributed by atoms with Gasteiger partial charge in [-0.3, -0.25) is 4.79 Å². The van der Waals surface area contributed by atoms with Gasteiger partial charge in [0.15, 0.2) is 17.4 Å². The van der Waals surface area contributed by atoms with E-state index in [1.807, 2.05) is 72.1 Å². The van der Waals surface area contributed by atoms with Crippen LogP contribution < -0.4 is 10.1 Å². The van der Waals surface area contributed by atoms with Gasteiger partial charge in [-0.05, 0) is 59.9 Å². The number of hydrogen-bond donors (Lipinski definition) is 1. The molecule has 5 rings (SSSR count). The Bertz CT molecular complexity index is 1160. The highest BCUT2D eigenvalue weighted by Gasteiger charge is 2.16. The molecule has 1 amide bonds. The van der Waals surface area contributed by atoms with E-state index in [2.05, 4.69) is 22.4 Å². The molecule has 1 saturated heterocycles. The number of rotatable bonds is 7. The number of amides is 1. The predicted octanol–water partition coefficient (Wildman–Crippen LogP) is 6.12. The van der Waals surface area contributed by atoms with Crippen LogP contribution in [0.2, 0.25) is 0 Å². The molecule has 1 aliphatic rings. The van der Waals surface area contributed by atoms with Crippen LogP contribution in [0.4, 0.5) is 0 Å². The minimum absolute atomic E-state index is 0.0300. The number of hydrogen-bond acceptors (Lipinski definition) is 7. The van der Waals surface area contributed by atoms with Crippen LogP contribution in [0.5, 0.6) is 5.75 Å². The van der Waals surface area contributed by atoms with E-state index in [-0.39, 0.29) is 12.5 Å². The summed E-state index contributed by atoms with van der Waals surface area (Å²) in [6.07, 6.45) is 1.28. The van der Waals surface area contributed by atoms with Crippen molar-refractivity contribution in [2.24, 2.45) is 0 Å². The number of carbonyl (C=O) groups is 1. The van der Waals surface area contributed by atoms with Gasteiger partial charge in [-0.15, -0.1) is 34.9 Å². The van der Waals surface area contributed by atoms with Gasteiger partial charge in [0.25, 0.3) is 5.91 Å². The third-order valence-electron chi connectivity index (χ3n) is 4.98. The highest BCUT2D eigenvalue weighted by atomic mass is 32.2. The summed E-state index contributed by atoms with van der Waals surface area (Å²) >= 11 is 5.57. The molecule has 2 aromatic heterocycles. The molecule has 2 aromatic carbocycles. The second-order valence-corrected chi connectivity index (χ2v) is 11.1. The molecule has 0 bridgehead atoms. The molecule has 0 atom stereocenters. The van der Waals surface area contributed by atoms with Gasteiger partial charge in [0.2, 0.25) is 0 Å². The number of ether oxygens (including phenoxy) is 1. The van der Waals surface area contributed by atoms with Crippen molar-refractivity contribution >= 4 is 51.0 Å². The largest absolute Gasteiger partial charge is 0.484 e. The standard InChI is InChI=1S/C24H22N2O3S3/c27-22(15-28-17-8-6-16(7-9-17)24-30-12-3-13-31-24)25-14-18-10-11-20(29-18)23-26-19-4-1-2-5-21(19)32-23/h1-2,4-11,24H,3,12-15H2,(H,25,27). The van der Waals surface area contributed by atoms with Gasteiger partial charge >= 0.3 is 0 Å². The van der Waals surface area contributed by atoms with Crippen molar-refractivity contribution in [3.63, 3.8) is 0 Å². The van der Waals surface area contributed by atoms with Crippen molar-refractivity contribution in [2.45, 2.75) is 17.5 Å². The Labute approximate surface area is 199 Å². The first-order valence-corrected chi connectivity index (χ1v) is 13.3. The van der Waals surface area contributed by atoms with Crippen LogP contribution in [0.1, 0.15) is 22.3 Å². The van der Waals surface area contributed by atoms with Crippen molar-refractivity contribution in [3.8, 4) is 16.5 Å². The van der Waals surface area contributed by atoms with Gasteiger partial charge in [0, 0.05) is 0 Å². The Morgan fingerprint density at radius 2 is 1.88 bits per heavy atom. The highest BCUT2D eigenvalue weighted by Crippen LogP contribution is 2.43. The molecule has 0 spiro atoms.